The molecule has 0 amide bonds. The fraction of sp³-hybridized carbons (Fsp3) is 0.957. The molecule has 0 saturated heterocycles. The first-order chi connectivity index (χ1) is 13.9. The number of hydrogen-bond acceptors (Lipinski definition) is 2. The zero-order valence-electron chi connectivity index (χ0n) is 18.3. The largest absolute Gasteiger partial charge is 0.463 e. The summed E-state index contributed by atoms with van der Waals surface area (Å²) < 4.78 is 52.9. The van der Waals surface area contributed by atoms with Gasteiger partial charge in [0.15, 0.2) is 0 Å². The number of carbonyl (C=O) groups excluding carboxylic acids is 1. The van der Waals surface area contributed by atoms with Crippen molar-refractivity contribution in [1.82, 2.24) is 0 Å². The van der Waals surface area contributed by atoms with Gasteiger partial charge in [0.25, 0.3) is 6.17 Å². The van der Waals surface area contributed by atoms with Crippen LogP contribution in [0.15, 0.2) is 0 Å². The van der Waals surface area contributed by atoms with Gasteiger partial charge in [0.2, 0.25) is 0 Å². The first-order valence-electron chi connectivity index (χ1n) is 11.8. The van der Waals surface area contributed by atoms with Gasteiger partial charge < -0.3 is 4.74 Å². The average molecular weight is 427 g/mol. The number of hydrogen-bond donors (Lipinski definition) is 0. The van der Waals surface area contributed by atoms with E-state index in [0.717, 1.165) is 25.7 Å². The van der Waals surface area contributed by atoms with Crippen molar-refractivity contribution in [2.45, 2.75) is 135 Å². The maximum atomic E-state index is 12.6. The first kappa shape index (κ1) is 28.2. The Bertz CT molecular complexity index is 372. The monoisotopic (exact) mass is 426 g/mol. The minimum atomic E-state index is -5.18. The van der Waals surface area contributed by atoms with Crippen LogP contribution in [0.2, 0.25) is 0 Å². The summed E-state index contributed by atoms with van der Waals surface area (Å²) in [4.78, 5) is 10.9. The van der Waals surface area contributed by atoms with Gasteiger partial charge in [0.05, 0.1) is 6.61 Å². The molecule has 0 bridgehead atoms. The number of halogens is 4. The zero-order chi connectivity index (χ0) is 21.8. The van der Waals surface area contributed by atoms with Crippen LogP contribution in [0.1, 0.15) is 122 Å². The summed E-state index contributed by atoms with van der Waals surface area (Å²) in [5.41, 5.74) is 0. The van der Waals surface area contributed by atoms with Crippen molar-refractivity contribution in [3.63, 3.8) is 0 Å². The third-order valence-electron chi connectivity index (χ3n) is 5.24. The summed E-state index contributed by atoms with van der Waals surface area (Å²) in [5, 5.41) is 0. The van der Waals surface area contributed by atoms with Gasteiger partial charge in [-0.15, -0.1) is 0 Å². The maximum absolute atomic E-state index is 12.6. The molecule has 1 unspecified atom stereocenters. The first-order valence-corrected chi connectivity index (χ1v) is 11.8. The predicted molar refractivity (Wildman–Crippen MR) is 111 cm³/mol. The number of unbranched alkanes of at least 4 members (excludes halogenated alkanes) is 17. The summed E-state index contributed by atoms with van der Waals surface area (Å²) >= 11 is 0. The molecule has 0 heterocycles. The number of alkyl halides is 4. The zero-order valence-corrected chi connectivity index (χ0v) is 18.3. The van der Waals surface area contributed by atoms with Crippen molar-refractivity contribution in [3.8, 4) is 0 Å². The molecule has 0 saturated carbocycles. The quantitative estimate of drug-likeness (QED) is 0.111. The highest BCUT2D eigenvalue weighted by atomic mass is 19.4. The summed E-state index contributed by atoms with van der Waals surface area (Å²) in [6.07, 6.45) is 13.3. The third kappa shape index (κ3) is 18.9. The molecule has 0 spiro atoms. The van der Waals surface area contributed by atoms with E-state index in [1.807, 2.05) is 0 Å². The van der Waals surface area contributed by atoms with Crippen LogP contribution in [0, 0.1) is 0 Å². The van der Waals surface area contributed by atoms with E-state index in [0.29, 0.717) is 6.42 Å². The average Bonchev–Trinajstić information content (AvgIpc) is 2.68. The molecule has 0 aromatic carbocycles. The van der Waals surface area contributed by atoms with Gasteiger partial charge >= 0.3 is 12.1 Å². The fourth-order valence-corrected chi connectivity index (χ4v) is 3.38. The third-order valence-corrected chi connectivity index (χ3v) is 5.24. The lowest BCUT2D eigenvalue weighted by molar-refractivity contribution is -0.201. The molecule has 0 aromatic heterocycles. The minimum Gasteiger partial charge on any atom is -0.463 e. The van der Waals surface area contributed by atoms with Crippen molar-refractivity contribution in [2.75, 3.05) is 6.61 Å². The predicted octanol–water partition coefficient (Wildman–Crippen LogP) is 8.47. The Labute approximate surface area is 175 Å². The fourth-order valence-electron chi connectivity index (χ4n) is 3.38. The van der Waals surface area contributed by atoms with Gasteiger partial charge in [0, 0.05) is 0 Å². The molecule has 174 valence electrons. The van der Waals surface area contributed by atoms with Crippen molar-refractivity contribution in [3.05, 3.63) is 0 Å². The molecule has 0 radical (unpaired) electrons. The Morgan fingerprint density at radius 2 is 0.966 bits per heavy atom. The van der Waals surface area contributed by atoms with Crippen molar-refractivity contribution < 1.29 is 27.1 Å². The van der Waals surface area contributed by atoms with Crippen LogP contribution in [-0.2, 0) is 9.53 Å². The standard InChI is InChI=1S/C23H42F4O2/c1-2-3-4-5-6-7-8-9-10-11-12-13-14-15-16-17-18-19-20-29-22(28)21(24)23(25,26)27/h21H,2-20H2,1H3. The lowest BCUT2D eigenvalue weighted by Crippen LogP contribution is -2.34. The summed E-state index contributed by atoms with van der Waals surface area (Å²) in [7, 11) is 0. The van der Waals surface area contributed by atoms with Gasteiger partial charge in [-0.2, -0.15) is 13.2 Å². The number of esters is 1. The summed E-state index contributed by atoms with van der Waals surface area (Å²) in [6, 6.07) is 0. The SMILES string of the molecule is CCCCCCCCCCCCCCCCCCCCOC(=O)C(F)C(F)(F)F. The molecule has 0 aliphatic carbocycles. The molecular weight excluding hydrogens is 384 g/mol. The van der Waals surface area contributed by atoms with E-state index in [1.54, 1.807) is 0 Å². The second-order valence-electron chi connectivity index (χ2n) is 8.08. The van der Waals surface area contributed by atoms with Crippen molar-refractivity contribution in [1.29, 1.82) is 0 Å². The van der Waals surface area contributed by atoms with E-state index in [9.17, 15) is 22.4 Å². The molecule has 0 N–H and O–H groups in total. The van der Waals surface area contributed by atoms with Gasteiger partial charge in [-0.1, -0.05) is 116 Å². The van der Waals surface area contributed by atoms with Crippen LogP contribution < -0.4 is 0 Å². The molecule has 6 heteroatoms. The molecule has 1 atom stereocenters. The lowest BCUT2D eigenvalue weighted by atomic mass is 10.0. The highest BCUT2D eigenvalue weighted by molar-refractivity contribution is 5.75. The molecule has 29 heavy (non-hydrogen) atoms. The van der Waals surface area contributed by atoms with E-state index in [-0.39, 0.29) is 6.61 Å². The normalized spacial score (nSPS) is 12.9. The van der Waals surface area contributed by atoms with Gasteiger partial charge in [-0.25, -0.2) is 9.18 Å². The molecule has 0 aliphatic rings. The van der Waals surface area contributed by atoms with Crippen molar-refractivity contribution in [2.24, 2.45) is 0 Å². The molecule has 0 aliphatic heterocycles. The van der Waals surface area contributed by atoms with Crippen LogP contribution in [0.3, 0.4) is 0 Å². The number of carbonyl (C=O) groups is 1. The Balaban J connectivity index is 3.20. The van der Waals surface area contributed by atoms with Crippen LogP contribution in [0.5, 0.6) is 0 Å². The highest BCUT2D eigenvalue weighted by Gasteiger charge is 2.46. The Morgan fingerprint density at radius 1 is 0.655 bits per heavy atom. The second kappa shape index (κ2) is 19.2. The Morgan fingerprint density at radius 3 is 1.28 bits per heavy atom. The van der Waals surface area contributed by atoms with E-state index in [2.05, 4.69) is 11.7 Å². The van der Waals surface area contributed by atoms with Crippen LogP contribution >= 0.6 is 0 Å². The van der Waals surface area contributed by atoms with Crippen LogP contribution in [-0.4, -0.2) is 24.9 Å². The minimum absolute atomic E-state index is 0.145. The smallest absolute Gasteiger partial charge is 0.430 e. The molecule has 0 aromatic rings. The molecule has 0 rings (SSSR count). The maximum Gasteiger partial charge on any atom is 0.430 e. The summed E-state index contributed by atoms with van der Waals surface area (Å²) in [6.45, 7) is 2.10. The number of ether oxygens (including phenoxy) is 1. The van der Waals surface area contributed by atoms with Gasteiger partial charge in [-0.05, 0) is 6.42 Å². The van der Waals surface area contributed by atoms with E-state index in [4.69, 9.17) is 0 Å². The molecule has 0 fully saturated rings. The summed E-state index contributed by atoms with van der Waals surface area (Å²) in [5.74, 6) is -1.83. The molecule has 2 nitrogen and oxygen atoms in total. The van der Waals surface area contributed by atoms with Crippen LogP contribution in [0.25, 0.3) is 0 Å². The van der Waals surface area contributed by atoms with E-state index < -0.39 is 18.3 Å². The lowest BCUT2D eigenvalue weighted by Gasteiger charge is -2.11. The van der Waals surface area contributed by atoms with Crippen LogP contribution in [0.4, 0.5) is 17.6 Å². The van der Waals surface area contributed by atoms with E-state index in [1.165, 1.54) is 83.5 Å². The van der Waals surface area contributed by atoms with E-state index >= 15 is 0 Å². The topological polar surface area (TPSA) is 26.3 Å². The highest BCUT2D eigenvalue weighted by Crippen LogP contribution is 2.24. The van der Waals surface area contributed by atoms with Crippen molar-refractivity contribution >= 4 is 5.97 Å². The Kier molecular flexibility index (Phi) is 18.6. The van der Waals surface area contributed by atoms with Gasteiger partial charge in [0.1, 0.15) is 0 Å². The Hall–Kier alpha value is -0.810. The number of rotatable bonds is 20. The molecular formula is C23H42F4O2. The second-order valence-corrected chi connectivity index (χ2v) is 8.08. The van der Waals surface area contributed by atoms with Gasteiger partial charge in [-0.3, -0.25) is 0 Å².